The molecule has 0 aliphatic rings. The molecular weight excluding hydrogens is 288 g/mol. The number of phenols is 1. The van der Waals surface area contributed by atoms with E-state index in [1.807, 2.05) is 19.1 Å². The van der Waals surface area contributed by atoms with E-state index >= 15 is 0 Å². The molecule has 3 N–H and O–H groups in total. The summed E-state index contributed by atoms with van der Waals surface area (Å²) in [6, 6.07) is 11.9. The van der Waals surface area contributed by atoms with Crippen LogP contribution >= 0.6 is 0 Å². The monoisotopic (exact) mass is 306 g/mol. The SMILES string of the molecule is CNS(=O)(=O)c1cccc(NCc2cc(C)ccc2O)c1. The molecule has 0 amide bonds. The number of sulfonamides is 1. The number of benzene rings is 2. The molecule has 6 heteroatoms. The van der Waals surface area contributed by atoms with Gasteiger partial charge in [0.05, 0.1) is 4.90 Å². The maximum absolute atomic E-state index is 11.7. The molecular formula is C15H18N2O3S. The van der Waals surface area contributed by atoms with Gasteiger partial charge in [0.25, 0.3) is 0 Å². The normalized spacial score (nSPS) is 11.3. The fourth-order valence-electron chi connectivity index (χ4n) is 1.94. The minimum Gasteiger partial charge on any atom is -0.508 e. The highest BCUT2D eigenvalue weighted by molar-refractivity contribution is 7.89. The Balaban J connectivity index is 2.18. The number of nitrogens with one attached hydrogen (secondary N) is 2. The van der Waals surface area contributed by atoms with Crippen molar-refractivity contribution in [2.24, 2.45) is 0 Å². The molecule has 0 heterocycles. The first-order valence-electron chi connectivity index (χ1n) is 6.48. The van der Waals surface area contributed by atoms with Crippen molar-refractivity contribution < 1.29 is 13.5 Å². The second kappa shape index (κ2) is 6.15. The average molecular weight is 306 g/mol. The molecule has 0 radical (unpaired) electrons. The first-order valence-corrected chi connectivity index (χ1v) is 7.96. The smallest absolute Gasteiger partial charge is 0.240 e. The largest absolute Gasteiger partial charge is 0.508 e. The number of hydrogen-bond acceptors (Lipinski definition) is 4. The number of hydrogen-bond donors (Lipinski definition) is 3. The van der Waals surface area contributed by atoms with Gasteiger partial charge in [0, 0.05) is 17.8 Å². The summed E-state index contributed by atoms with van der Waals surface area (Å²) in [5, 5.41) is 12.9. The minimum absolute atomic E-state index is 0.198. The maximum atomic E-state index is 11.7. The molecule has 21 heavy (non-hydrogen) atoms. The van der Waals surface area contributed by atoms with Gasteiger partial charge in [-0.15, -0.1) is 0 Å². The highest BCUT2D eigenvalue weighted by Crippen LogP contribution is 2.21. The van der Waals surface area contributed by atoms with E-state index in [1.54, 1.807) is 24.3 Å². The van der Waals surface area contributed by atoms with Gasteiger partial charge in [0.1, 0.15) is 5.75 Å². The van der Waals surface area contributed by atoms with Crippen LogP contribution in [0.4, 0.5) is 5.69 Å². The number of rotatable bonds is 5. The lowest BCUT2D eigenvalue weighted by Gasteiger charge is -2.10. The number of aromatic hydroxyl groups is 1. The summed E-state index contributed by atoms with van der Waals surface area (Å²) in [6.07, 6.45) is 0. The predicted octanol–water partition coefficient (Wildman–Crippen LogP) is 2.22. The highest BCUT2D eigenvalue weighted by atomic mass is 32.2. The van der Waals surface area contributed by atoms with Crippen molar-refractivity contribution in [3.8, 4) is 5.75 Å². The standard InChI is InChI=1S/C15H18N2O3S/c1-11-6-7-15(18)12(8-11)10-17-13-4-3-5-14(9-13)21(19,20)16-2/h3-9,16-18H,10H2,1-2H3. The zero-order chi connectivity index (χ0) is 15.5. The molecule has 0 spiro atoms. The van der Waals surface area contributed by atoms with Crippen molar-refractivity contribution in [3.63, 3.8) is 0 Å². The molecule has 0 bridgehead atoms. The van der Waals surface area contributed by atoms with E-state index < -0.39 is 10.0 Å². The Bertz CT molecular complexity index is 742. The zero-order valence-electron chi connectivity index (χ0n) is 11.9. The summed E-state index contributed by atoms with van der Waals surface area (Å²) in [5.74, 6) is 0.215. The second-order valence-corrected chi connectivity index (χ2v) is 6.61. The molecule has 2 rings (SSSR count). The van der Waals surface area contributed by atoms with Crippen LogP contribution in [0.3, 0.4) is 0 Å². The Morgan fingerprint density at radius 1 is 1.14 bits per heavy atom. The van der Waals surface area contributed by atoms with Gasteiger partial charge in [-0.05, 0) is 38.2 Å². The Hall–Kier alpha value is -2.05. The van der Waals surface area contributed by atoms with Crippen LogP contribution in [0.25, 0.3) is 0 Å². The van der Waals surface area contributed by atoms with Crippen LogP contribution in [-0.4, -0.2) is 20.6 Å². The lowest BCUT2D eigenvalue weighted by molar-refractivity contribution is 0.469. The van der Waals surface area contributed by atoms with Gasteiger partial charge in [-0.25, -0.2) is 13.1 Å². The van der Waals surface area contributed by atoms with Crippen molar-refractivity contribution >= 4 is 15.7 Å². The van der Waals surface area contributed by atoms with E-state index in [4.69, 9.17) is 0 Å². The van der Waals surface area contributed by atoms with Crippen LogP contribution < -0.4 is 10.0 Å². The van der Waals surface area contributed by atoms with Crippen LogP contribution in [0, 0.1) is 6.92 Å². The number of phenolic OH excluding ortho intramolecular Hbond substituents is 1. The topological polar surface area (TPSA) is 78.4 Å². The Labute approximate surface area is 124 Å². The van der Waals surface area contributed by atoms with E-state index in [1.165, 1.54) is 13.1 Å². The highest BCUT2D eigenvalue weighted by Gasteiger charge is 2.11. The molecule has 5 nitrogen and oxygen atoms in total. The van der Waals surface area contributed by atoms with Crippen molar-refractivity contribution in [1.82, 2.24) is 4.72 Å². The van der Waals surface area contributed by atoms with Crippen molar-refractivity contribution in [2.75, 3.05) is 12.4 Å². The average Bonchev–Trinajstić information content (AvgIpc) is 2.48. The van der Waals surface area contributed by atoms with Gasteiger partial charge < -0.3 is 10.4 Å². The minimum atomic E-state index is -3.46. The van der Waals surface area contributed by atoms with Gasteiger partial charge >= 0.3 is 0 Å². The molecule has 0 aromatic heterocycles. The molecule has 0 aliphatic heterocycles. The van der Waals surface area contributed by atoms with Crippen LogP contribution in [0.5, 0.6) is 5.75 Å². The van der Waals surface area contributed by atoms with Crippen LogP contribution in [0.2, 0.25) is 0 Å². The summed E-state index contributed by atoms with van der Waals surface area (Å²) in [7, 11) is -2.08. The third kappa shape index (κ3) is 3.74. The summed E-state index contributed by atoms with van der Waals surface area (Å²) in [5.41, 5.74) is 2.49. The summed E-state index contributed by atoms with van der Waals surface area (Å²) in [6.45, 7) is 2.36. The Kier molecular flexibility index (Phi) is 4.50. The quantitative estimate of drug-likeness (QED) is 0.791. The third-order valence-corrected chi connectivity index (χ3v) is 4.54. The number of aryl methyl sites for hydroxylation is 1. The molecule has 2 aromatic carbocycles. The lowest BCUT2D eigenvalue weighted by Crippen LogP contribution is -2.18. The molecule has 0 aliphatic carbocycles. The van der Waals surface area contributed by atoms with Gasteiger partial charge in [-0.3, -0.25) is 0 Å². The maximum Gasteiger partial charge on any atom is 0.240 e. The van der Waals surface area contributed by atoms with Gasteiger partial charge in [0.2, 0.25) is 10.0 Å². The van der Waals surface area contributed by atoms with Gasteiger partial charge in [0.15, 0.2) is 0 Å². The van der Waals surface area contributed by atoms with E-state index in [0.29, 0.717) is 12.2 Å². The summed E-state index contributed by atoms with van der Waals surface area (Å²) < 4.78 is 25.8. The van der Waals surface area contributed by atoms with Crippen LogP contribution in [0.15, 0.2) is 47.4 Å². The van der Waals surface area contributed by atoms with Crippen molar-refractivity contribution in [3.05, 3.63) is 53.6 Å². The predicted molar refractivity (Wildman–Crippen MR) is 82.9 cm³/mol. The van der Waals surface area contributed by atoms with E-state index in [2.05, 4.69) is 10.0 Å². The number of anilines is 1. The molecule has 0 atom stereocenters. The molecule has 2 aromatic rings. The summed E-state index contributed by atoms with van der Waals surface area (Å²) >= 11 is 0. The second-order valence-electron chi connectivity index (χ2n) is 4.72. The first-order chi connectivity index (χ1) is 9.92. The Morgan fingerprint density at radius 2 is 1.90 bits per heavy atom. The van der Waals surface area contributed by atoms with Gasteiger partial charge in [-0.1, -0.05) is 23.8 Å². The molecule has 0 saturated heterocycles. The zero-order valence-corrected chi connectivity index (χ0v) is 12.7. The van der Waals surface area contributed by atoms with E-state index in [-0.39, 0.29) is 10.6 Å². The van der Waals surface area contributed by atoms with E-state index in [0.717, 1.165) is 11.1 Å². The van der Waals surface area contributed by atoms with Gasteiger partial charge in [-0.2, -0.15) is 0 Å². The molecule has 0 saturated carbocycles. The summed E-state index contributed by atoms with van der Waals surface area (Å²) in [4.78, 5) is 0.198. The fourth-order valence-corrected chi connectivity index (χ4v) is 2.72. The Morgan fingerprint density at radius 3 is 2.62 bits per heavy atom. The fraction of sp³-hybridized carbons (Fsp3) is 0.200. The van der Waals surface area contributed by atoms with Crippen LogP contribution in [0.1, 0.15) is 11.1 Å². The van der Waals surface area contributed by atoms with E-state index in [9.17, 15) is 13.5 Å². The molecule has 0 fully saturated rings. The van der Waals surface area contributed by atoms with Crippen molar-refractivity contribution in [2.45, 2.75) is 18.4 Å². The lowest BCUT2D eigenvalue weighted by atomic mass is 10.1. The molecule has 0 unspecified atom stereocenters. The van der Waals surface area contributed by atoms with Crippen LogP contribution in [-0.2, 0) is 16.6 Å². The third-order valence-electron chi connectivity index (χ3n) is 3.13. The van der Waals surface area contributed by atoms with Crippen molar-refractivity contribution in [1.29, 1.82) is 0 Å². The molecule has 112 valence electrons. The first kappa shape index (κ1) is 15.3.